The van der Waals surface area contributed by atoms with Crippen LogP contribution in [0.25, 0.3) is 0 Å². The maximum absolute atomic E-state index is 0. The van der Waals surface area contributed by atoms with Crippen molar-refractivity contribution < 1.29 is 75.8 Å². The Labute approximate surface area is 92.1 Å². The Morgan fingerprint density at radius 3 is 0.500 bits per heavy atom. The molecule has 0 N–H and O–H groups in total. The zero-order valence-corrected chi connectivity index (χ0v) is 9.23. The van der Waals surface area contributed by atoms with Crippen LogP contribution < -0.4 is 49.6 Å². The zero-order valence-electron chi connectivity index (χ0n) is 2.59. The van der Waals surface area contributed by atoms with Crippen molar-refractivity contribution in [3.8, 4) is 0 Å². The normalized spacial score (nSPS) is 0. The summed E-state index contributed by atoms with van der Waals surface area (Å²) in [6, 6.07) is 0. The first kappa shape index (κ1) is 74.2. The van der Waals surface area contributed by atoms with Gasteiger partial charge in [0.1, 0.15) is 0 Å². The predicted molar refractivity (Wildman–Crippen MR) is 5.75 cm³/mol. The van der Waals surface area contributed by atoms with Gasteiger partial charge in [-0.15, -0.1) is 0 Å². The number of hydrogen-bond donors (Lipinski definition) is 0. The van der Waals surface area contributed by atoms with Crippen molar-refractivity contribution in [3.05, 3.63) is 0 Å². The molecule has 0 heterocycles. The molecule has 0 bridgehead atoms. The molecular formula is AlCl4Zr. The topological polar surface area (TPSA) is 0 Å². The molecule has 3 radical (unpaired) electrons. The first-order valence-electron chi connectivity index (χ1n) is 0. The summed E-state index contributed by atoms with van der Waals surface area (Å²) in [6.45, 7) is 0. The minimum absolute atomic E-state index is 0. The van der Waals surface area contributed by atoms with Crippen molar-refractivity contribution in [2.45, 2.75) is 0 Å². The monoisotopic (exact) mass is 257 g/mol. The van der Waals surface area contributed by atoms with E-state index < -0.39 is 0 Å². The van der Waals surface area contributed by atoms with E-state index in [0.29, 0.717) is 0 Å². The third-order valence-corrected chi connectivity index (χ3v) is 0. The fraction of sp³-hybridized carbons (Fsp3) is 0. The van der Waals surface area contributed by atoms with Crippen molar-refractivity contribution in [3.63, 3.8) is 0 Å². The Bertz CT molecular complexity index is 7.51. The summed E-state index contributed by atoms with van der Waals surface area (Å²) >= 11 is 0. The standard InChI is InChI=1S/Al.4ClH.Zr/h;4*1H;/q;;;;;+4/p-4. The quantitative estimate of drug-likeness (QED) is 0.379. The van der Waals surface area contributed by atoms with Gasteiger partial charge < -0.3 is 49.6 Å². The Hall–Kier alpha value is 2.58. The molecule has 0 aliphatic carbocycles. The van der Waals surface area contributed by atoms with Crippen LogP contribution >= 0.6 is 0 Å². The van der Waals surface area contributed by atoms with Crippen LogP contribution in [-0.2, 0) is 26.2 Å². The Morgan fingerprint density at radius 2 is 0.500 bits per heavy atom. The van der Waals surface area contributed by atoms with Crippen LogP contribution in [0.5, 0.6) is 0 Å². The van der Waals surface area contributed by atoms with Gasteiger partial charge in [0.15, 0.2) is 0 Å². The molecule has 0 unspecified atom stereocenters. The molecule has 0 aliphatic heterocycles. The molecule has 0 nitrogen and oxygen atoms in total. The zero-order chi connectivity index (χ0) is 0. The van der Waals surface area contributed by atoms with Gasteiger partial charge in [0.25, 0.3) is 0 Å². The predicted octanol–water partition coefficient (Wildman–Crippen LogP) is -12.4. The van der Waals surface area contributed by atoms with E-state index >= 15 is 0 Å². The molecule has 0 amide bonds. The van der Waals surface area contributed by atoms with Crippen LogP contribution in [0.1, 0.15) is 0 Å². The van der Waals surface area contributed by atoms with Gasteiger partial charge in [-0.1, -0.05) is 0 Å². The number of hydrogen-bond acceptors (Lipinski definition) is 0. The van der Waals surface area contributed by atoms with Crippen LogP contribution in [0.15, 0.2) is 0 Å². The van der Waals surface area contributed by atoms with Crippen LogP contribution in [0.3, 0.4) is 0 Å². The molecule has 0 aliphatic rings. The minimum atomic E-state index is 0. The van der Waals surface area contributed by atoms with Gasteiger partial charge in [-0.3, -0.25) is 0 Å². The van der Waals surface area contributed by atoms with Crippen molar-refractivity contribution in [2.75, 3.05) is 0 Å². The largest absolute Gasteiger partial charge is 4.00 e. The van der Waals surface area contributed by atoms with Gasteiger partial charge in [0.2, 0.25) is 0 Å². The summed E-state index contributed by atoms with van der Waals surface area (Å²) in [7, 11) is 0. The number of halogens is 4. The van der Waals surface area contributed by atoms with E-state index in [2.05, 4.69) is 0 Å². The molecule has 0 aromatic rings. The second-order valence-corrected chi connectivity index (χ2v) is 0. The molecular weight excluding hydrogens is 260 g/mol. The Balaban J connectivity index is 0. The molecule has 0 saturated heterocycles. The van der Waals surface area contributed by atoms with Gasteiger partial charge in [-0.2, -0.15) is 0 Å². The Kier molecular flexibility index (Phi) is 611. The molecule has 0 spiro atoms. The minimum Gasteiger partial charge on any atom is -1.00 e. The molecule has 0 rings (SSSR count). The Morgan fingerprint density at radius 1 is 0.500 bits per heavy atom. The van der Waals surface area contributed by atoms with Gasteiger partial charge in [0, 0.05) is 17.4 Å². The van der Waals surface area contributed by atoms with Crippen molar-refractivity contribution in [2.24, 2.45) is 0 Å². The number of rotatable bonds is 0. The fourth-order valence-corrected chi connectivity index (χ4v) is 0. The second kappa shape index (κ2) is 49.4. The first-order valence-corrected chi connectivity index (χ1v) is 0. The summed E-state index contributed by atoms with van der Waals surface area (Å²) in [6.07, 6.45) is 0. The summed E-state index contributed by atoms with van der Waals surface area (Å²) < 4.78 is 0. The summed E-state index contributed by atoms with van der Waals surface area (Å²) in [4.78, 5) is 0. The molecule has 6 heavy (non-hydrogen) atoms. The molecule has 0 atom stereocenters. The maximum atomic E-state index is 0. The van der Waals surface area contributed by atoms with E-state index in [-0.39, 0.29) is 93.2 Å². The van der Waals surface area contributed by atoms with Crippen LogP contribution in [-0.4, -0.2) is 17.4 Å². The first-order chi connectivity index (χ1) is 0. The molecule has 35 valence electrons. The molecule has 0 fully saturated rings. The summed E-state index contributed by atoms with van der Waals surface area (Å²) in [5.41, 5.74) is 0. The third kappa shape index (κ3) is 30.8. The molecule has 6 heteroatoms. The maximum Gasteiger partial charge on any atom is 4.00 e. The summed E-state index contributed by atoms with van der Waals surface area (Å²) in [5, 5.41) is 0. The van der Waals surface area contributed by atoms with Crippen LogP contribution in [0, 0.1) is 0 Å². The fourth-order valence-electron chi connectivity index (χ4n) is 0. The van der Waals surface area contributed by atoms with E-state index in [0.717, 1.165) is 0 Å². The average molecular weight is 260 g/mol. The molecule has 0 aromatic carbocycles. The third-order valence-electron chi connectivity index (χ3n) is 0. The van der Waals surface area contributed by atoms with Crippen LogP contribution in [0.4, 0.5) is 0 Å². The molecule has 0 saturated carbocycles. The van der Waals surface area contributed by atoms with E-state index in [1.807, 2.05) is 0 Å². The summed E-state index contributed by atoms with van der Waals surface area (Å²) in [5.74, 6) is 0. The van der Waals surface area contributed by atoms with Gasteiger partial charge in [-0.25, -0.2) is 0 Å². The van der Waals surface area contributed by atoms with Crippen molar-refractivity contribution in [1.82, 2.24) is 0 Å². The second-order valence-electron chi connectivity index (χ2n) is 0. The van der Waals surface area contributed by atoms with Gasteiger partial charge >= 0.3 is 26.2 Å². The van der Waals surface area contributed by atoms with E-state index in [4.69, 9.17) is 0 Å². The van der Waals surface area contributed by atoms with Gasteiger partial charge in [0.05, 0.1) is 0 Å². The van der Waals surface area contributed by atoms with Crippen molar-refractivity contribution in [1.29, 1.82) is 0 Å². The van der Waals surface area contributed by atoms with E-state index in [9.17, 15) is 0 Å². The van der Waals surface area contributed by atoms with Gasteiger partial charge in [-0.05, 0) is 0 Å². The SMILES string of the molecule is [Al].[Cl-].[Cl-].[Cl-].[Cl-].[Zr+4]. The van der Waals surface area contributed by atoms with Crippen LogP contribution in [0.2, 0.25) is 0 Å². The van der Waals surface area contributed by atoms with Crippen molar-refractivity contribution >= 4 is 17.4 Å². The van der Waals surface area contributed by atoms with E-state index in [1.165, 1.54) is 0 Å². The smallest absolute Gasteiger partial charge is 1.00 e. The average Bonchev–Trinajstić information content (AvgIpc) is 0. The molecule has 0 aromatic heterocycles. The van der Waals surface area contributed by atoms with E-state index in [1.54, 1.807) is 0 Å².